The molecule has 0 aromatic heterocycles. The van der Waals surface area contributed by atoms with Crippen LogP contribution in [0.3, 0.4) is 0 Å². The van der Waals surface area contributed by atoms with Gasteiger partial charge >= 0.3 is 6.09 Å². The summed E-state index contributed by atoms with van der Waals surface area (Å²) in [6.45, 7) is 0. The molecule has 24 heavy (non-hydrogen) atoms. The summed E-state index contributed by atoms with van der Waals surface area (Å²) in [4.78, 5) is 25.1. The van der Waals surface area contributed by atoms with Crippen molar-refractivity contribution in [2.24, 2.45) is 11.8 Å². The van der Waals surface area contributed by atoms with Crippen LogP contribution in [0, 0.1) is 11.8 Å². The Kier molecular flexibility index (Phi) is 4.25. The monoisotopic (exact) mass is 339 g/mol. The highest BCUT2D eigenvalue weighted by Crippen LogP contribution is 2.57. The van der Waals surface area contributed by atoms with E-state index in [1.165, 1.54) is 17.7 Å². The van der Waals surface area contributed by atoms with E-state index in [1.54, 1.807) is 14.1 Å². The highest BCUT2D eigenvalue weighted by Gasteiger charge is 2.63. The van der Waals surface area contributed by atoms with Crippen molar-refractivity contribution in [1.29, 1.82) is 0 Å². The summed E-state index contributed by atoms with van der Waals surface area (Å²) < 4.78 is 12.2. The quantitative estimate of drug-likeness (QED) is 0.683. The number of ether oxygens (including phenoxy) is 2. The molecule has 4 aliphatic rings. The second-order valence-electron chi connectivity index (χ2n) is 8.15. The van der Waals surface area contributed by atoms with E-state index in [-0.39, 0.29) is 12.2 Å². The van der Waals surface area contributed by atoms with Crippen LogP contribution in [0.4, 0.5) is 4.79 Å². The summed E-state index contributed by atoms with van der Waals surface area (Å²) in [7, 11) is 3.40. The van der Waals surface area contributed by atoms with Crippen molar-refractivity contribution in [1.82, 2.24) is 4.90 Å². The van der Waals surface area contributed by atoms with Gasteiger partial charge < -0.3 is 14.4 Å². The van der Waals surface area contributed by atoms with Gasteiger partial charge in [-0.15, -0.1) is 0 Å². The van der Waals surface area contributed by atoms with Crippen LogP contribution in [-0.2, 0) is 19.2 Å². The molecular weight excluding hydrogens is 310 g/mol. The van der Waals surface area contributed by atoms with Crippen molar-refractivity contribution < 1.29 is 24.0 Å². The maximum Gasteiger partial charge on any atom is 0.409 e. The van der Waals surface area contributed by atoms with Gasteiger partial charge in [-0.2, -0.15) is 9.78 Å². The average Bonchev–Trinajstić information content (AvgIpc) is 2.86. The first kappa shape index (κ1) is 16.6. The van der Waals surface area contributed by atoms with Crippen LogP contribution >= 0.6 is 0 Å². The predicted molar refractivity (Wildman–Crippen MR) is 85.8 cm³/mol. The number of hydrogen-bond acceptors (Lipinski definition) is 5. The third-order valence-electron chi connectivity index (χ3n) is 6.27. The van der Waals surface area contributed by atoms with Gasteiger partial charge in [0, 0.05) is 38.8 Å². The van der Waals surface area contributed by atoms with Gasteiger partial charge in [0.25, 0.3) is 0 Å². The molecule has 0 aromatic carbocycles. The fraction of sp³-hybridized carbons (Fsp3) is 0.944. The fourth-order valence-electron chi connectivity index (χ4n) is 5.08. The minimum Gasteiger partial charge on any atom is -0.446 e. The van der Waals surface area contributed by atoms with Gasteiger partial charge in [0.05, 0.1) is 0 Å². The van der Waals surface area contributed by atoms with Gasteiger partial charge in [-0.05, 0) is 38.5 Å². The average molecular weight is 339 g/mol. The van der Waals surface area contributed by atoms with Gasteiger partial charge in [-0.3, -0.25) is 0 Å². The molecule has 2 spiro atoms. The molecule has 0 radical (unpaired) electrons. The Morgan fingerprint density at radius 2 is 1.67 bits per heavy atom. The Bertz CT molecular complexity index is 474. The molecule has 2 atom stereocenters. The zero-order valence-electron chi connectivity index (χ0n) is 14.8. The zero-order valence-corrected chi connectivity index (χ0v) is 14.8. The van der Waals surface area contributed by atoms with E-state index in [9.17, 15) is 4.79 Å². The van der Waals surface area contributed by atoms with Crippen molar-refractivity contribution in [3.63, 3.8) is 0 Å². The van der Waals surface area contributed by atoms with Crippen LogP contribution in [0.2, 0.25) is 0 Å². The third kappa shape index (κ3) is 2.72. The van der Waals surface area contributed by atoms with Crippen LogP contribution in [0.25, 0.3) is 0 Å². The minimum absolute atomic E-state index is 0.171. The Hall–Kier alpha value is -0.850. The smallest absolute Gasteiger partial charge is 0.409 e. The molecule has 4 rings (SSSR count). The lowest BCUT2D eigenvalue weighted by Gasteiger charge is -2.48. The second kappa shape index (κ2) is 6.15. The molecule has 3 saturated carbocycles. The Balaban J connectivity index is 1.47. The van der Waals surface area contributed by atoms with E-state index >= 15 is 0 Å². The van der Waals surface area contributed by atoms with E-state index < -0.39 is 11.6 Å². The van der Waals surface area contributed by atoms with Gasteiger partial charge in [0.2, 0.25) is 11.6 Å². The van der Waals surface area contributed by atoms with E-state index in [1.807, 2.05) is 0 Å². The van der Waals surface area contributed by atoms with E-state index in [2.05, 4.69) is 0 Å². The van der Waals surface area contributed by atoms with Gasteiger partial charge in [0.1, 0.15) is 6.10 Å². The highest BCUT2D eigenvalue weighted by atomic mass is 17.3. The SMILES string of the molecule is CN(C)C(=O)O[C@@H]1CCC[C@]2(C1)OOC1(O2)C2CCCC1CCC2. The number of hydrogen-bond donors (Lipinski definition) is 0. The fourth-order valence-corrected chi connectivity index (χ4v) is 5.08. The minimum atomic E-state index is -0.735. The maximum atomic E-state index is 11.9. The van der Waals surface area contributed by atoms with E-state index in [4.69, 9.17) is 19.2 Å². The van der Waals surface area contributed by atoms with Crippen molar-refractivity contribution in [3.8, 4) is 0 Å². The molecule has 0 aromatic rings. The van der Waals surface area contributed by atoms with Crippen LogP contribution in [-0.4, -0.2) is 42.8 Å². The standard InChI is InChI=1S/C18H29NO5/c1-19(2)16(20)21-15-10-5-11-17(12-15)22-18(24-23-17)13-6-3-7-14(18)9-4-8-13/h13-15H,3-12H2,1-2H3/t13?,14?,15-,17-,18?/m1/s1. The lowest BCUT2D eigenvalue weighted by Crippen LogP contribution is -2.53. The highest BCUT2D eigenvalue weighted by molar-refractivity contribution is 5.66. The molecule has 1 amide bonds. The molecule has 6 nitrogen and oxygen atoms in total. The normalized spacial score (nSPS) is 44.7. The summed E-state index contributed by atoms with van der Waals surface area (Å²) >= 11 is 0. The zero-order chi connectivity index (χ0) is 16.8. The van der Waals surface area contributed by atoms with E-state index in [0.29, 0.717) is 18.3 Å². The Morgan fingerprint density at radius 3 is 2.29 bits per heavy atom. The largest absolute Gasteiger partial charge is 0.446 e. The summed E-state index contributed by atoms with van der Waals surface area (Å²) in [5.41, 5.74) is 0. The number of amides is 1. The van der Waals surface area contributed by atoms with Crippen molar-refractivity contribution in [3.05, 3.63) is 0 Å². The van der Waals surface area contributed by atoms with Crippen LogP contribution in [0.1, 0.15) is 64.2 Å². The summed E-state index contributed by atoms with van der Waals surface area (Å²) in [5, 5.41) is 0. The maximum absolute atomic E-state index is 11.9. The van der Waals surface area contributed by atoms with Gasteiger partial charge in [-0.1, -0.05) is 12.8 Å². The third-order valence-corrected chi connectivity index (χ3v) is 6.27. The molecular formula is C18H29NO5. The van der Waals surface area contributed by atoms with Crippen LogP contribution in [0.5, 0.6) is 0 Å². The number of carbonyl (C=O) groups is 1. The predicted octanol–water partition coefficient (Wildman–Crippen LogP) is 3.60. The summed E-state index contributed by atoms with van der Waals surface area (Å²) in [6.07, 6.45) is 9.84. The van der Waals surface area contributed by atoms with Crippen molar-refractivity contribution in [2.75, 3.05) is 14.1 Å². The lowest BCUT2D eigenvalue weighted by atomic mass is 9.67. The molecule has 136 valence electrons. The van der Waals surface area contributed by atoms with Crippen LogP contribution < -0.4 is 0 Å². The molecule has 0 N–H and O–H groups in total. The molecule has 1 aliphatic heterocycles. The number of nitrogens with zero attached hydrogens (tertiary/aromatic N) is 1. The van der Waals surface area contributed by atoms with Crippen molar-refractivity contribution >= 4 is 6.09 Å². The topological polar surface area (TPSA) is 57.2 Å². The molecule has 1 heterocycles. The first-order valence-electron chi connectivity index (χ1n) is 9.48. The summed E-state index contributed by atoms with van der Waals surface area (Å²) in [6, 6.07) is 0. The Morgan fingerprint density at radius 1 is 1.00 bits per heavy atom. The number of rotatable bonds is 1. The summed E-state index contributed by atoms with van der Waals surface area (Å²) in [5.74, 6) is -0.409. The molecule has 1 saturated heterocycles. The Labute approximate surface area is 143 Å². The van der Waals surface area contributed by atoms with Crippen LogP contribution in [0.15, 0.2) is 0 Å². The first-order chi connectivity index (χ1) is 11.5. The lowest BCUT2D eigenvalue weighted by molar-refractivity contribution is -0.382. The first-order valence-corrected chi connectivity index (χ1v) is 9.48. The molecule has 0 unspecified atom stereocenters. The van der Waals surface area contributed by atoms with Gasteiger partial charge in [0.15, 0.2) is 0 Å². The number of carbonyl (C=O) groups excluding carboxylic acids is 1. The molecule has 3 aliphatic carbocycles. The second-order valence-corrected chi connectivity index (χ2v) is 8.15. The molecule has 6 heteroatoms. The van der Waals surface area contributed by atoms with E-state index in [0.717, 1.165) is 44.9 Å². The molecule has 2 bridgehead atoms. The van der Waals surface area contributed by atoms with Gasteiger partial charge in [-0.25, -0.2) is 4.79 Å². The van der Waals surface area contributed by atoms with Crippen molar-refractivity contribution in [2.45, 2.75) is 81.9 Å². The molecule has 4 fully saturated rings.